The molecule has 5 heteroatoms. The molecule has 25 heavy (non-hydrogen) atoms. The summed E-state index contributed by atoms with van der Waals surface area (Å²) < 4.78 is 6.92. The summed E-state index contributed by atoms with van der Waals surface area (Å²) >= 11 is 1.62. The van der Waals surface area contributed by atoms with E-state index in [1.54, 1.807) is 23.4 Å². The van der Waals surface area contributed by atoms with Gasteiger partial charge in [0.05, 0.1) is 10.9 Å². The molecule has 1 unspecified atom stereocenters. The predicted octanol–water partition coefficient (Wildman–Crippen LogP) is 4.29. The first-order valence-corrected chi connectivity index (χ1v) is 9.29. The van der Waals surface area contributed by atoms with E-state index in [1.165, 1.54) is 5.56 Å². The molecule has 0 bridgehead atoms. The first-order chi connectivity index (χ1) is 12.2. The van der Waals surface area contributed by atoms with E-state index in [1.807, 2.05) is 42.5 Å². The second-order valence-electron chi connectivity index (χ2n) is 5.89. The first kappa shape index (κ1) is 17.7. The van der Waals surface area contributed by atoms with Crippen molar-refractivity contribution in [3.8, 4) is 0 Å². The van der Waals surface area contributed by atoms with Crippen LogP contribution in [0.2, 0.25) is 0 Å². The lowest BCUT2D eigenvalue weighted by atomic mass is 10.2. The number of para-hydroxylation sites is 1. The zero-order valence-electron chi connectivity index (χ0n) is 14.5. The molecule has 0 N–H and O–H groups in total. The first-order valence-electron chi connectivity index (χ1n) is 8.41. The van der Waals surface area contributed by atoms with E-state index in [-0.39, 0.29) is 10.8 Å². The molecule has 4 nitrogen and oxygen atoms in total. The Hall–Kier alpha value is -2.11. The quantitative estimate of drug-likeness (QED) is 0.361. The molecule has 0 aliphatic heterocycles. The number of hydrogen-bond acceptors (Lipinski definition) is 4. The van der Waals surface area contributed by atoms with Gasteiger partial charge in [0.25, 0.3) is 5.56 Å². The van der Waals surface area contributed by atoms with Crippen LogP contribution in [-0.4, -0.2) is 23.3 Å². The molecule has 130 valence electrons. The van der Waals surface area contributed by atoms with Crippen molar-refractivity contribution in [3.05, 3.63) is 70.5 Å². The van der Waals surface area contributed by atoms with Crippen LogP contribution in [0, 0.1) is 0 Å². The third-order valence-electron chi connectivity index (χ3n) is 4.11. The highest BCUT2D eigenvalue weighted by atomic mass is 32.2. The topological polar surface area (TPSA) is 44.1 Å². The third-order valence-corrected chi connectivity index (χ3v) is 5.26. The van der Waals surface area contributed by atoms with Gasteiger partial charge in [-0.15, -0.1) is 0 Å². The van der Waals surface area contributed by atoms with Crippen molar-refractivity contribution in [2.75, 3.05) is 13.7 Å². The molecule has 1 aromatic heterocycles. The highest BCUT2D eigenvalue weighted by molar-refractivity contribution is 7.99. The Kier molecular flexibility index (Phi) is 5.89. The van der Waals surface area contributed by atoms with Gasteiger partial charge in [0, 0.05) is 25.5 Å². The number of rotatable bonds is 7. The Labute approximate surface area is 151 Å². The number of hydrogen-bond donors (Lipinski definition) is 0. The molecule has 0 aliphatic carbocycles. The van der Waals surface area contributed by atoms with E-state index >= 15 is 0 Å². The van der Waals surface area contributed by atoms with Crippen molar-refractivity contribution in [2.45, 2.75) is 30.3 Å². The van der Waals surface area contributed by atoms with E-state index in [4.69, 9.17) is 9.72 Å². The van der Waals surface area contributed by atoms with Crippen LogP contribution in [0.4, 0.5) is 0 Å². The largest absolute Gasteiger partial charge is 0.385 e. The maximum Gasteiger partial charge on any atom is 0.262 e. The number of fused-ring (bicyclic) bond motifs is 1. The molecule has 1 atom stereocenters. The number of benzene rings is 2. The van der Waals surface area contributed by atoms with Crippen LogP contribution >= 0.6 is 11.8 Å². The van der Waals surface area contributed by atoms with Crippen LogP contribution in [0.1, 0.15) is 24.2 Å². The second kappa shape index (κ2) is 8.32. The van der Waals surface area contributed by atoms with Crippen molar-refractivity contribution in [1.82, 2.24) is 9.55 Å². The zero-order chi connectivity index (χ0) is 17.6. The van der Waals surface area contributed by atoms with Crippen LogP contribution < -0.4 is 5.56 Å². The van der Waals surface area contributed by atoms with E-state index in [0.29, 0.717) is 18.5 Å². The van der Waals surface area contributed by atoms with Crippen molar-refractivity contribution in [3.63, 3.8) is 0 Å². The molecule has 0 fully saturated rings. The van der Waals surface area contributed by atoms with E-state index in [0.717, 1.165) is 17.1 Å². The van der Waals surface area contributed by atoms with Crippen LogP contribution in [0.25, 0.3) is 10.9 Å². The molecule has 0 saturated heterocycles. The molecule has 0 radical (unpaired) electrons. The van der Waals surface area contributed by atoms with Gasteiger partial charge in [-0.05, 0) is 31.0 Å². The fraction of sp³-hybridized carbons (Fsp3) is 0.300. The summed E-state index contributed by atoms with van der Waals surface area (Å²) in [4.78, 5) is 17.7. The fourth-order valence-corrected chi connectivity index (χ4v) is 3.81. The van der Waals surface area contributed by atoms with Crippen molar-refractivity contribution < 1.29 is 4.74 Å². The van der Waals surface area contributed by atoms with Crippen LogP contribution in [0.5, 0.6) is 0 Å². The minimum Gasteiger partial charge on any atom is -0.385 e. The van der Waals surface area contributed by atoms with Gasteiger partial charge in [-0.1, -0.05) is 54.2 Å². The van der Waals surface area contributed by atoms with Gasteiger partial charge < -0.3 is 4.74 Å². The minimum absolute atomic E-state index is 0.0180. The molecule has 2 aromatic carbocycles. The summed E-state index contributed by atoms with van der Waals surface area (Å²) in [5, 5.41) is 1.63. The molecular formula is C20H22N2O2S. The molecule has 0 saturated carbocycles. The number of aromatic nitrogens is 2. The number of ether oxygens (including phenoxy) is 1. The lowest BCUT2D eigenvalue weighted by molar-refractivity contribution is 0.189. The smallest absolute Gasteiger partial charge is 0.262 e. The van der Waals surface area contributed by atoms with Gasteiger partial charge in [0.15, 0.2) is 5.16 Å². The summed E-state index contributed by atoms with van der Waals surface area (Å²) in [6.07, 6.45) is 0.781. The van der Waals surface area contributed by atoms with Gasteiger partial charge in [-0.2, -0.15) is 0 Å². The zero-order valence-corrected chi connectivity index (χ0v) is 15.3. The summed E-state index contributed by atoms with van der Waals surface area (Å²) in [6.45, 7) is 3.37. The predicted molar refractivity (Wildman–Crippen MR) is 103 cm³/mol. The van der Waals surface area contributed by atoms with Gasteiger partial charge in [0.1, 0.15) is 0 Å². The average molecular weight is 354 g/mol. The monoisotopic (exact) mass is 354 g/mol. The van der Waals surface area contributed by atoms with Crippen molar-refractivity contribution in [1.29, 1.82) is 0 Å². The van der Waals surface area contributed by atoms with Crippen molar-refractivity contribution in [2.24, 2.45) is 0 Å². The average Bonchev–Trinajstić information content (AvgIpc) is 2.65. The lowest BCUT2D eigenvalue weighted by Gasteiger charge is -2.16. The Morgan fingerprint density at radius 1 is 1.12 bits per heavy atom. The maximum atomic E-state index is 12.9. The standard InChI is InChI=1S/C20H22N2O2S/c1-15(16-9-4-3-5-10-16)25-20-21-18-12-7-6-11-17(18)19(23)22(20)13-8-14-24-2/h3-7,9-12,15H,8,13-14H2,1-2H3. The molecule has 3 rings (SSSR count). The Balaban J connectivity index is 1.99. The maximum absolute atomic E-state index is 12.9. The molecule has 0 aliphatic rings. The molecular weight excluding hydrogens is 332 g/mol. The van der Waals surface area contributed by atoms with E-state index in [2.05, 4.69) is 19.1 Å². The normalized spacial score (nSPS) is 12.4. The fourth-order valence-electron chi connectivity index (χ4n) is 2.75. The van der Waals surface area contributed by atoms with Crippen LogP contribution in [0.3, 0.4) is 0 Å². The van der Waals surface area contributed by atoms with E-state index < -0.39 is 0 Å². The number of thioether (sulfide) groups is 1. The highest BCUT2D eigenvalue weighted by Crippen LogP contribution is 2.33. The molecule has 1 heterocycles. The van der Waals surface area contributed by atoms with E-state index in [9.17, 15) is 4.79 Å². The summed E-state index contributed by atoms with van der Waals surface area (Å²) in [6, 6.07) is 17.8. The molecule has 3 aromatic rings. The summed E-state index contributed by atoms with van der Waals surface area (Å²) in [5.41, 5.74) is 1.99. The number of methoxy groups -OCH3 is 1. The van der Waals surface area contributed by atoms with Crippen molar-refractivity contribution >= 4 is 22.7 Å². The van der Waals surface area contributed by atoms with Crippen LogP contribution in [-0.2, 0) is 11.3 Å². The molecule has 0 spiro atoms. The lowest BCUT2D eigenvalue weighted by Crippen LogP contribution is -2.24. The van der Waals surface area contributed by atoms with Gasteiger partial charge in [0.2, 0.25) is 0 Å². The Morgan fingerprint density at radius 2 is 1.84 bits per heavy atom. The number of nitrogens with zero attached hydrogens (tertiary/aromatic N) is 2. The molecule has 0 amide bonds. The minimum atomic E-state index is 0.0180. The third kappa shape index (κ3) is 4.11. The summed E-state index contributed by atoms with van der Waals surface area (Å²) in [5.74, 6) is 0. The Bertz CT molecular complexity index is 893. The SMILES string of the molecule is COCCCn1c(SC(C)c2ccccc2)nc2ccccc2c1=O. The second-order valence-corrected chi connectivity index (χ2v) is 7.19. The van der Waals surface area contributed by atoms with Gasteiger partial charge >= 0.3 is 0 Å². The van der Waals surface area contributed by atoms with Crippen LogP contribution in [0.15, 0.2) is 64.5 Å². The summed E-state index contributed by atoms with van der Waals surface area (Å²) in [7, 11) is 1.68. The van der Waals surface area contributed by atoms with Gasteiger partial charge in [-0.3, -0.25) is 9.36 Å². The highest BCUT2D eigenvalue weighted by Gasteiger charge is 2.15. The Morgan fingerprint density at radius 3 is 2.60 bits per heavy atom. The van der Waals surface area contributed by atoms with Gasteiger partial charge in [-0.25, -0.2) is 4.98 Å².